The van der Waals surface area contributed by atoms with Gasteiger partial charge in [-0.1, -0.05) is 42.5 Å². The van der Waals surface area contributed by atoms with Crippen LogP contribution in [0.4, 0.5) is 5.69 Å². The van der Waals surface area contributed by atoms with Crippen molar-refractivity contribution in [1.82, 2.24) is 4.90 Å². The number of hydrogen-bond donors (Lipinski definition) is 1. The Morgan fingerprint density at radius 1 is 1.11 bits per heavy atom. The Labute approximate surface area is 161 Å². The zero-order chi connectivity index (χ0) is 19.4. The summed E-state index contributed by atoms with van der Waals surface area (Å²) in [5.74, 6) is -1.17. The number of hydrogen-bond acceptors (Lipinski definition) is 5. The number of fused-ring (bicyclic) bond motifs is 1. The topological polar surface area (TPSA) is 75.7 Å². The molecule has 1 N–H and O–H groups in total. The van der Waals surface area contributed by atoms with E-state index in [1.165, 1.54) is 16.7 Å². The van der Waals surface area contributed by atoms with Crippen LogP contribution in [-0.4, -0.2) is 42.0 Å². The molecule has 0 saturated heterocycles. The van der Waals surface area contributed by atoms with E-state index in [1.54, 1.807) is 38.4 Å². The number of likely N-dealkylation sites (N-methyl/N-ethyl adjacent to an activating group) is 1. The zero-order valence-corrected chi connectivity index (χ0v) is 15.9. The first-order valence-corrected chi connectivity index (χ1v) is 9.36. The van der Waals surface area contributed by atoms with Gasteiger partial charge in [0.2, 0.25) is 12.0 Å². The lowest BCUT2D eigenvalue weighted by Gasteiger charge is -2.25. The predicted octanol–water partition coefficient (Wildman–Crippen LogP) is 2.86. The van der Waals surface area contributed by atoms with Gasteiger partial charge in [-0.25, -0.2) is 0 Å². The molecule has 0 bridgehead atoms. The summed E-state index contributed by atoms with van der Waals surface area (Å²) in [7, 11) is 3.21. The Balaban J connectivity index is 1.71. The van der Waals surface area contributed by atoms with Crippen molar-refractivity contribution in [3.05, 3.63) is 60.2 Å². The van der Waals surface area contributed by atoms with E-state index in [4.69, 9.17) is 4.74 Å². The Morgan fingerprint density at radius 2 is 1.78 bits per heavy atom. The highest BCUT2D eigenvalue weighted by molar-refractivity contribution is 8.01. The molecule has 0 unspecified atom stereocenters. The van der Waals surface area contributed by atoms with Crippen molar-refractivity contribution >= 4 is 35.2 Å². The average molecular weight is 384 g/mol. The van der Waals surface area contributed by atoms with Gasteiger partial charge in [-0.3, -0.25) is 14.4 Å². The van der Waals surface area contributed by atoms with Crippen LogP contribution in [0, 0.1) is 0 Å². The molecule has 27 heavy (non-hydrogen) atoms. The van der Waals surface area contributed by atoms with E-state index >= 15 is 0 Å². The minimum absolute atomic E-state index is 0.116. The molecule has 1 aliphatic heterocycles. The van der Waals surface area contributed by atoms with Crippen molar-refractivity contribution in [2.45, 2.75) is 22.7 Å². The summed E-state index contributed by atoms with van der Waals surface area (Å²) in [6.45, 7) is 0. The SMILES string of the molecule is CN(C)C(=O)[C@H](OC(=O)C[C@@H]1Sc2ccccc2NC1=O)c1ccccc1. The molecule has 0 radical (unpaired) electrons. The van der Waals surface area contributed by atoms with Gasteiger partial charge < -0.3 is 15.0 Å². The highest BCUT2D eigenvalue weighted by Crippen LogP contribution is 2.37. The summed E-state index contributed by atoms with van der Waals surface area (Å²) in [6.07, 6.45) is -1.15. The van der Waals surface area contributed by atoms with Crippen LogP contribution in [0.1, 0.15) is 18.1 Å². The quantitative estimate of drug-likeness (QED) is 0.803. The van der Waals surface area contributed by atoms with Crippen LogP contribution in [0.25, 0.3) is 0 Å². The molecular formula is C20H20N2O4S. The fraction of sp³-hybridized carbons (Fsp3) is 0.250. The minimum Gasteiger partial charge on any atom is -0.447 e. The van der Waals surface area contributed by atoms with Gasteiger partial charge in [-0.15, -0.1) is 11.8 Å². The highest BCUT2D eigenvalue weighted by atomic mass is 32.2. The lowest BCUT2D eigenvalue weighted by molar-refractivity contribution is -0.160. The molecule has 2 aromatic carbocycles. The largest absolute Gasteiger partial charge is 0.447 e. The predicted molar refractivity (Wildman–Crippen MR) is 103 cm³/mol. The number of nitrogens with zero attached hydrogens (tertiary/aromatic N) is 1. The van der Waals surface area contributed by atoms with Crippen LogP contribution in [0.3, 0.4) is 0 Å². The Kier molecular flexibility index (Phi) is 5.81. The summed E-state index contributed by atoms with van der Waals surface area (Å²) in [5.41, 5.74) is 1.33. The van der Waals surface area contributed by atoms with Gasteiger partial charge in [0.25, 0.3) is 5.91 Å². The number of nitrogens with one attached hydrogen (secondary N) is 1. The number of benzene rings is 2. The zero-order valence-electron chi connectivity index (χ0n) is 15.0. The fourth-order valence-electron chi connectivity index (χ4n) is 2.68. The van der Waals surface area contributed by atoms with E-state index < -0.39 is 17.3 Å². The maximum absolute atomic E-state index is 12.5. The minimum atomic E-state index is -1.03. The normalized spacial score (nSPS) is 16.7. The summed E-state index contributed by atoms with van der Waals surface area (Å²) in [6, 6.07) is 16.3. The van der Waals surface area contributed by atoms with Crippen LogP contribution >= 0.6 is 11.8 Å². The van der Waals surface area contributed by atoms with E-state index in [0.29, 0.717) is 5.56 Å². The first kappa shape index (κ1) is 19.0. The van der Waals surface area contributed by atoms with Crippen molar-refractivity contribution in [3.8, 4) is 0 Å². The summed E-state index contributed by atoms with van der Waals surface area (Å²) in [4.78, 5) is 39.5. The van der Waals surface area contributed by atoms with E-state index in [-0.39, 0.29) is 18.2 Å². The Hall–Kier alpha value is -2.80. The molecule has 7 heteroatoms. The summed E-state index contributed by atoms with van der Waals surface area (Å²) >= 11 is 1.32. The lowest BCUT2D eigenvalue weighted by atomic mass is 10.1. The molecule has 3 rings (SSSR count). The molecule has 0 fully saturated rings. The number of anilines is 1. The Bertz CT molecular complexity index is 854. The van der Waals surface area contributed by atoms with Gasteiger partial charge in [0.15, 0.2) is 0 Å². The molecular weight excluding hydrogens is 364 g/mol. The second-order valence-corrected chi connectivity index (χ2v) is 7.55. The Morgan fingerprint density at radius 3 is 2.48 bits per heavy atom. The monoisotopic (exact) mass is 384 g/mol. The molecule has 6 nitrogen and oxygen atoms in total. The third-order valence-electron chi connectivity index (χ3n) is 4.08. The molecule has 0 spiro atoms. The number of thioether (sulfide) groups is 1. The molecule has 0 aromatic heterocycles. The lowest BCUT2D eigenvalue weighted by Crippen LogP contribution is -2.34. The van der Waals surface area contributed by atoms with Crippen molar-refractivity contribution < 1.29 is 19.1 Å². The van der Waals surface area contributed by atoms with Gasteiger partial charge in [0, 0.05) is 24.6 Å². The standard InChI is InChI=1S/C20H20N2O4S/c1-22(2)20(25)18(13-8-4-3-5-9-13)26-17(23)12-16-19(24)21-14-10-6-7-11-15(14)27-16/h3-11,16,18H,12H2,1-2H3,(H,21,24)/t16-,18+/m0/s1. The third-order valence-corrected chi connectivity index (χ3v) is 5.35. The van der Waals surface area contributed by atoms with E-state index in [0.717, 1.165) is 10.6 Å². The number of para-hydroxylation sites is 1. The van der Waals surface area contributed by atoms with E-state index in [9.17, 15) is 14.4 Å². The second-order valence-electron chi connectivity index (χ2n) is 6.31. The van der Waals surface area contributed by atoms with Crippen molar-refractivity contribution in [2.75, 3.05) is 19.4 Å². The van der Waals surface area contributed by atoms with Gasteiger partial charge in [-0.2, -0.15) is 0 Å². The average Bonchev–Trinajstić information content (AvgIpc) is 2.66. The molecule has 0 saturated carbocycles. The van der Waals surface area contributed by atoms with E-state index in [1.807, 2.05) is 30.3 Å². The molecule has 2 aromatic rings. The van der Waals surface area contributed by atoms with Crippen LogP contribution < -0.4 is 5.32 Å². The molecule has 2 atom stereocenters. The van der Waals surface area contributed by atoms with Gasteiger partial charge in [-0.05, 0) is 12.1 Å². The molecule has 0 aliphatic carbocycles. The van der Waals surface area contributed by atoms with Gasteiger partial charge >= 0.3 is 5.97 Å². The number of rotatable bonds is 5. The fourth-order valence-corrected chi connectivity index (χ4v) is 3.78. The number of carbonyl (C=O) groups is 3. The molecule has 1 heterocycles. The second kappa shape index (κ2) is 8.26. The smallest absolute Gasteiger partial charge is 0.308 e. The van der Waals surface area contributed by atoms with Crippen molar-refractivity contribution in [2.24, 2.45) is 0 Å². The van der Waals surface area contributed by atoms with Crippen LogP contribution in [-0.2, 0) is 19.1 Å². The molecule has 140 valence electrons. The first-order valence-electron chi connectivity index (χ1n) is 8.48. The number of ether oxygens (including phenoxy) is 1. The van der Waals surface area contributed by atoms with Crippen LogP contribution in [0.15, 0.2) is 59.5 Å². The van der Waals surface area contributed by atoms with Gasteiger partial charge in [0.1, 0.15) is 0 Å². The molecule has 2 amide bonds. The summed E-state index contributed by atoms with van der Waals surface area (Å²) in [5, 5.41) is 2.20. The van der Waals surface area contributed by atoms with Crippen molar-refractivity contribution in [3.63, 3.8) is 0 Å². The van der Waals surface area contributed by atoms with Crippen LogP contribution in [0.2, 0.25) is 0 Å². The third kappa shape index (κ3) is 4.49. The maximum Gasteiger partial charge on any atom is 0.308 e. The number of amides is 2. The number of carbonyl (C=O) groups excluding carboxylic acids is 3. The summed E-state index contributed by atoms with van der Waals surface area (Å²) < 4.78 is 5.48. The van der Waals surface area contributed by atoms with Crippen molar-refractivity contribution in [1.29, 1.82) is 0 Å². The molecule has 1 aliphatic rings. The van der Waals surface area contributed by atoms with Crippen LogP contribution in [0.5, 0.6) is 0 Å². The first-order chi connectivity index (χ1) is 13.0. The number of esters is 1. The van der Waals surface area contributed by atoms with E-state index in [2.05, 4.69) is 5.32 Å². The maximum atomic E-state index is 12.5. The highest BCUT2D eigenvalue weighted by Gasteiger charge is 2.32. The van der Waals surface area contributed by atoms with Gasteiger partial charge in [0.05, 0.1) is 17.4 Å².